The Kier molecular flexibility index (Phi) is 5.14. The van der Waals surface area contributed by atoms with E-state index in [0.29, 0.717) is 24.6 Å². The summed E-state index contributed by atoms with van der Waals surface area (Å²) in [5, 5.41) is 11.7. The number of benzene rings is 1. The van der Waals surface area contributed by atoms with Crippen LogP contribution in [0.4, 0.5) is 0 Å². The average molecular weight is 271 g/mol. The van der Waals surface area contributed by atoms with Crippen molar-refractivity contribution in [1.29, 1.82) is 5.26 Å². The number of carbonyl (C=O) groups excluding carboxylic acids is 1. The highest BCUT2D eigenvalue weighted by atomic mass is 16.1. The summed E-state index contributed by atoms with van der Waals surface area (Å²) in [4.78, 5) is 14.3. The van der Waals surface area contributed by atoms with Gasteiger partial charge in [-0.05, 0) is 50.6 Å². The molecule has 4 heteroatoms. The van der Waals surface area contributed by atoms with E-state index in [9.17, 15) is 4.79 Å². The number of hydrogen-bond donors (Lipinski definition) is 1. The molecule has 1 aliphatic rings. The van der Waals surface area contributed by atoms with E-state index >= 15 is 0 Å². The van der Waals surface area contributed by atoms with E-state index in [1.807, 2.05) is 12.1 Å². The van der Waals surface area contributed by atoms with Crippen molar-refractivity contribution >= 4 is 5.91 Å². The Balaban J connectivity index is 1.75. The minimum Gasteiger partial charge on any atom is -0.354 e. The lowest BCUT2D eigenvalue weighted by Crippen LogP contribution is -2.41. The van der Waals surface area contributed by atoms with Crippen molar-refractivity contribution in [2.45, 2.75) is 32.2 Å². The van der Waals surface area contributed by atoms with Gasteiger partial charge in [0, 0.05) is 12.6 Å². The number of nitrogens with one attached hydrogen (secondary N) is 1. The van der Waals surface area contributed by atoms with Gasteiger partial charge in [-0.25, -0.2) is 0 Å². The van der Waals surface area contributed by atoms with Crippen LogP contribution in [0.1, 0.15) is 30.9 Å². The van der Waals surface area contributed by atoms with Gasteiger partial charge >= 0.3 is 0 Å². The molecule has 1 atom stereocenters. The van der Waals surface area contributed by atoms with Crippen LogP contribution in [-0.4, -0.2) is 36.5 Å². The topological polar surface area (TPSA) is 56.1 Å². The number of rotatable bonds is 5. The molecule has 0 aromatic heterocycles. The van der Waals surface area contributed by atoms with Crippen LogP contribution < -0.4 is 5.32 Å². The standard InChI is InChI=1S/C16H21N3O/c1-13(19-8-2-3-9-19)12-18-16(20)10-14-4-6-15(11-17)7-5-14/h4-7,13H,2-3,8-10,12H2,1H3,(H,18,20). The molecule has 0 aliphatic carbocycles. The Labute approximate surface area is 120 Å². The maximum atomic E-state index is 11.9. The summed E-state index contributed by atoms with van der Waals surface area (Å²) < 4.78 is 0. The Morgan fingerprint density at radius 3 is 2.60 bits per heavy atom. The molecular weight excluding hydrogens is 250 g/mol. The molecule has 2 rings (SSSR count). The zero-order valence-electron chi connectivity index (χ0n) is 11.9. The van der Waals surface area contributed by atoms with Crippen LogP contribution in [0.25, 0.3) is 0 Å². The van der Waals surface area contributed by atoms with E-state index < -0.39 is 0 Å². The molecule has 0 bridgehead atoms. The van der Waals surface area contributed by atoms with Crippen LogP contribution in [0, 0.1) is 11.3 Å². The minimum absolute atomic E-state index is 0.0424. The predicted octanol–water partition coefficient (Wildman–Crippen LogP) is 1.70. The highest BCUT2D eigenvalue weighted by molar-refractivity contribution is 5.78. The van der Waals surface area contributed by atoms with Crippen molar-refractivity contribution in [3.05, 3.63) is 35.4 Å². The lowest BCUT2D eigenvalue weighted by atomic mass is 10.1. The van der Waals surface area contributed by atoms with E-state index in [1.54, 1.807) is 12.1 Å². The molecule has 1 heterocycles. The lowest BCUT2D eigenvalue weighted by Gasteiger charge is -2.23. The molecule has 1 N–H and O–H groups in total. The van der Waals surface area contributed by atoms with Crippen LogP contribution in [0.15, 0.2) is 24.3 Å². The minimum atomic E-state index is 0.0424. The Morgan fingerprint density at radius 1 is 1.35 bits per heavy atom. The molecule has 1 aliphatic heterocycles. The average Bonchev–Trinajstić information content (AvgIpc) is 3.00. The van der Waals surface area contributed by atoms with Crippen molar-refractivity contribution in [1.82, 2.24) is 10.2 Å². The second-order valence-corrected chi connectivity index (χ2v) is 5.38. The summed E-state index contributed by atoms with van der Waals surface area (Å²) in [5.74, 6) is 0.0424. The fourth-order valence-electron chi connectivity index (χ4n) is 2.52. The number of likely N-dealkylation sites (tertiary alicyclic amines) is 1. The Hall–Kier alpha value is -1.86. The molecule has 0 radical (unpaired) electrons. The third-order valence-electron chi connectivity index (χ3n) is 3.81. The Bertz CT molecular complexity index is 483. The van der Waals surface area contributed by atoms with Crippen molar-refractivity contribution in [3.63, 3.8) is 0 Å². The predicted molar refractivity (Wildman–Crippen MR) is 78.1 cm³/mol. The molecule has 0 spiro atoms. The fraction of sp³-hybridized carbons (Fsp3) is 0.500. The van der Waals surface area contributed by atoms with Gasteiger partial charge in [0.05, 0.1) is 18.1 Å². The molecule has 1 aromatic carbocycles. The van der Waals surface area contributed by atoms with Crippen LogP contribution in [-0.2, 0) is 11.2 Å². The smallest absolute Gasteiger partial charge is 0.224 e. The summed E-state index contributed by atoms with van der Waals surface area (Å²) in [6.07, 6.45) is 2.91. The molecule has 0 saturated carbocycles. The van der Waals surface area contributed by atoms with Crippen molar-refractivity contribution in [2.75, 3.05) is 19.6 Å². The van der Waals surface area contributed by atoms with Gasteiger partial charge in [0.25, 0.3) is 0 Å². The lowest BCUT2D eigenvalue weighted by molar-refractivity contribution is -0.120. The first-order valence-corrected chi connectivity index (χ1v) is 7.19. The first kappa shape index (κ1) is 14.5. The van der Waals surface area contributed by atoms with Gasteiger partial charge in [0.2, 0.25) is 5.91 Å². The van der Waals surface area contributed by atoms with E-state index in [4.69, 9.17) is 5.26 Å². The summed E-state index contributed by atoms with van der Waals surface area (Å²) in [6.45, 7) is 5.15. The first-order chi connectivity index (χ1) is 9.69. The van der Waals surface area contributed by atoms with Crippen molar-refractivity contribution in [2.24, 2.45) is 0 Å². The molecule has 1 aromatic rings. The second-order valence-electron chi connectivity index (χ2n) is 5.38. The molecule has 4 nitrogen and oxygen atoms in total. The quantitative estimate of drug-likeness (QED) is 0.887. The highest BCUT2D eigenvalue weighted by Crippen LogP contribution is 2.10. The van der Waals surface area contributed by atoms with Crippen LogP contribution in [0.5, 0.6) is 0 Å². The number of hydrogen-bond acceptors (Lipinski definition) is 3. The second kappa shape index (κ2) is 7.06. The largest absolute Gasteiger partial charge is 0.354 e. The monoisotopic (exact) mass is 271 g/mol. The Morgan fingerprint density at radius 2 is 2.00 bits per heavy atom. The highest BCUT2D eigenvalue weighted by Gasteiger charge is 2.18. The van der Waals surface area contributed by atoms with E-state index in [-0.39, 0.29) is 5.91 Å². The zero-order chi connectivity index (χ0) is 14.4. The summed E-state index contributed by atoms with van der Waals surface area (Å²) in [6, 6.07) is 9.64. The van der Waals surface area contributed by atoms with Crippen LogP contribution in [0.3, 0.4) is 0 Å². The van der Waals surface area contributed by atoms with E-state index in [1.165, 1.54) is 12.8 Å². The molecule has 1 unspecified atom stereocenters. The van der Waals surface area contributed by atoms with Crippen LogP contribution >= 0.6 is 0 Å². The third kappa shape index (κ3) is 4.07. The molecule has 1 saturated heterocycles. The summed E-state index contributed by atoms with van der Waals surface area (Å²) in [5.41, 5.74) is 1.56. The van der Waals surface area contributed by atoms with Gasteiger partial charge in [-0.1, -0.05) is 12.1 Å². The summed E-state index contributed by atoms with van der Waals surface area (Å²) >= 11 is 0. The van der Waals surface area contributed by atoms with Gasteiger partial charge in [-0.15, -0.1) is 0 Å². The maximum Gasteiger partial charge on any atom is 0.224 e. The summed E-state index contributed by atoms with van der Waals surface area (Å²) in [7, 11) is 0. The van der Waals surface area contributed by atoms with Crippen molar-refractivity contribution in [3.8, 4) is 6.07 Å². The van der Waals surface area contributed by atoms with Crippen LogP contribution in [0.2, 0.25) is 0 Å². The molecular formula is C16H21N3O. The van der Waals surface area contributed by atoms with E-state index in [0.717, 1.165) is 18.7 Å². The van der Waals surface area contributed by atoms with Gasteiger partial charge in [-0.2, -0.15) is 5.26 Å². The number of amides is 1. The molecule has 1 fully saturated rings. The molecule has 1 amide bonds. The van der Waals surface area contributed by atoms with Gasteiger partial charge in [0.15, 0.2) is 0 Å². The van der Waals surface area contributed by atoms with Crippen molar-refractivity contribution < 1.29 is 4.79 Å². The maximum absolute atomic E-state index is 11.9. The number of carbonyl (C=O) groups is 1. The van der Waals surface area contributed by atoms with E-state index in [2.05, 4.69) is 23.2 Å². The van der Waals surface area contributed by atoms with Gasteiger partial charge in [-0.3, -0.25) is 9.69 Å². The fourth-order valence-corrected chi connectivity index (χ4v) is 2.52. The number of nitrogens with zero attached hydrogens (tertiary/aromatic N) is 2. The molecule has 20 heavy (non-hydrogen) atoms. The molecule has 106 valence electrons. The zero-order valence-corrected chi connectivity index (χ0v) is 11.9. The first-order valence-electron chi connectivity index (χ1n) is 7.19. The van der Waals surface area contributed by atoms with Gasteiger partial charge in [0.1, 0.15) is 0 Å². The normalized spacial score (nSPS) is 16.6. The third-order valence-corrected chi connectivity index (χ3v) is 3.81. The van der Waals surface area contributed by atoms with Gasteiger partial charge < -0.3 is 5.32 Å². The number of nitriles is 1. The SMILES string of the molecule is CC(CNC(=O)Cc1ccc(C#N)cc1)N1CCCC1.